The van der Waals surface area contributed by atoms with E-state index in [1.807, 2.05) is 0 Å². The Bertz CT molecular complexity index is 936. The number of nitrogens with zero attached hydrogens (tertiary/aromatic N) is 1. The van der Waals surface area contributed by atoms with Crippen molar-refractivity contribution in [1.82, 2.24) is 0 Å². The molecule has 0 unspecified atom stereocenters. The van der Waals surface area contributed by atoms with Crippen molar-refractivity contribution >= 4 is 29.2 Å². The van der Waals surface area contributed by atoms with Crippen LogP contribution in [-0.4, -0.2) is 40.1 Å². The van der Waals surface area contributed by atoms with Gasteiger partial charge in [-0.2, -0.15) is 0 Å². The number of hydrogen-bond donors (Lipinski definition) is 1. The molecule has 1 amide bonds. The number of amides is 1. The fourth-order valence-corrected chi connectivity index (χ4v) is 4.39. The van der Waals surface area contributed by atoms with Crippen LogP contribution in [0.3, 0.4) is 0 Å². The standard InChI is InChI=1S/C20H20ClF4NO5/c1-6-13(27)26(11-7-8-12(14(21)15(11)22)30-20(23,24)25)19(16(28)29)9-17(2,3)31-18(4,5)10-19/h1,7-8H,9-10H2,2-5H3,(H,28,29). The normalized spacial score (nSPS) is 19.2. The second-order valence-electron chi connectivity index (χ2n) is 8.36. The largest absolute Gasteiger partial charge is 0.573 e. The van der Waals surface area contributed by atoms with Gasteiger partial charge in [0.2, 0.25) is 0 Å². The first kappa shape index (κ1) is 24.8. The van der Waals surface area contributed by atoms with Crippen LogP contribution in [0.5, 0.6) is 5.75 Å². The van der Waals surface area contributed by atoms with Crippen molar-refractivity contribution in [3.63, 3.8) is 0 Å². The summed E-state index contributed by atoms with van der Waals surface area (Å²) in [5.41, 5.74) is -4.93. The molecule has 6 nitrogen and oxygen atoms in total. The fourth-order valence-electron chi connectivity index (χ4n) is 4.19. The number of benzene rings is 1. The van der Waals surface area contributed by atoms with E-state index in [4.69, 9.17) is 22.8 Å². The molecule has 1 fully saturated rings. The molecule has 1 heterocycles. The monoisotopic (exact) mass is 465 g/mol. The lowest BCUT2D eigenvalue weighted by atomic mass is 9.73. The van der Waals surface area contributed by atoms with Crippen LogP contribution >= 0.6 is 11.6 Å². The smallest absolute Gasteiger partial charge is 0.479 e. The molecule has 0 saturated carbocycles. The van der Waals surface area contributed by atoms with Crippen LogP contribution in [0, 0.1) is 18.2 Å². The third kappa shape index (κ3) is 5.05. The van der Waals surface area contributed by atoms with Gasteiger partial charge in [-0.3, -0.25) is 9.69 Å². The number of alkyl halides is 3. The van der Waals surface area contributed by atoms with Crippen molar-refractivity contribution in [3.8, 4) is 18.1 Å². The highest BCUT2D eigenvalue weighted by molar-refractivity contribution is 6.32. The Labute approximate surface area is 181 Å². The Morgan fingerprint density at radius 2 is 1.74 bits per heavy atom. The highest BCUT2D eigenvalue weighted by atomic mass is 35.5. The van der Waals surface area contributed by atoms with Gasteiger partial charge in [0.05, 0.1) is 16.9 Å². The zero-order valence-corrected chi connectivity index (χ0v) is 17.8. The summed E-state index contributed by atoms with van der Waals surface area (Å²) in [5, 5.41) is 9.06. The summed E-state index contributed by atoms with van der Waals surface area (Å²) in [4.78, 5) is 25.7. The van der Waals surface area contributed by atoms with E-state index in [9.17, 15) is 27.9 Å². The van der Waals surface area contributed by atoms with Crippen LogP contribution in [0.2, 0.25) is 5.02 Å². The third-order valence-corrected chi connectivity index (χ3v) is 4.99. The maximum atomic E-state index is 15.1. The van der Waals surface area contributed by atoms with E-state index in [0.29, 0.717) is 11.0 Å². The molecule has 0 aromatic heterocycles. The number of anilines is 1. The molecule has 0 aliphatic carbocycles. The van der Waals surface area contributed by atoms with E-state index in [0.717, 1.165) is 6.07 Å². The maximum absolute atomic E-state index is 15.1. The quantitative estimate of drug-likeness (QED) is 0.522. The zero-order chi connectivity index (χ0) is 24.0. The van der Waals surface area contributed by atoms with Gasteiger partial charge in [0.15, 0.2) is 17.1 Å². The van der Waals surface area contributed by atoms with Crippen molar-refractivity contribution in [3.05, 3.63) is 23.0 Å². The minimum Gasteiger partial charge on any atom is -0.479 e. The summed E-state index contributed by atoms with van der Waals surface area (Å²) in [5.74, 6) is -3.50. The first-order valence-corrected chi connectivity index (χ1v) is 9.31. The molecule has 1 aliphatic rings. The third-order valence-electron chi connectivity index (χ3n) is 4.63. The maximum Gasteiger partial charge on any atom is 0.573 e. The molecule has 2 rings (SSSR count). The second-order valence-corrected chi connectivity index (χ2v) is 8.73. The van der Waals surface area contributed by atoms with E-state index in [2.05, 4.69) is 4.74 Å². The molecule has 11 heteroatoms. The Kier molecular flexibility index (Phi) is 6.29. The van der Waals surface area contributed by atoms with Crippen molar-refractivity contribution < 1.29 is 41.7 Å². The minimum atomic E-state index is -5.15. The summed E-state index contributed by atoms with van der Waals surface area (Å²) < 4.78 is 62.2. The summed E-state index contributed by atoms with van der Waals surface area (Å²) in [7, 11) is 0. The van der Waals surface area contributed by atoms with Gasteiger partial charge in [-0.15, -0.1) is 19.6 Å². The molecule has 1 aromatic rings. The van der Waals surface area contributed by atoms with Gasteiger partial charge in [0.1, 0.15) is 5.02 Å². The minimum absolute atomic E-state index is 0.288. The first-order chi connectivity index (χ1) is 13.9. The van der Waals surface area contributed by atoms with Crippen LogP contribution in [0.4, 0.5) is 23.2 Å². The van der Waals surface area contributed by atoms with Gasteiger partial charge in [-0.05, 0) is 45.7 Å². The van der Waals surface area contributed by atoms with Gasteiger partial charge in [0.25, 0.3) is 0 Å². The highest BCUT2D eigenvalue weighted by Crippen LogP contribution is 2.47. The molecule has 1 saturated heterocycles. The summed E-state index contributed by atoms with van der Waals surface area (Å²) in [6.07, 6.45) is -0.507. The summed E-state index contributed by atoms with van der Waals surface area (Å²) >= 11 is 5.71. The molecular weight excluding hydrogens is 446 g/mol. The van der Waals surface area contributed by atoms with Crippen LogP contribution < -0.4 is 9.64 Å². The molecule has 0 spiro atoms. The van der Waals surface area contributed by atoms with Gasteiger partial charge in [-0.1, -0.05) is 11.6 Å². The van der Waals surface area contributed by atoms with Gasteiger partial charge < -0.3 is 14.6 Å². The number of carbonyl (C=O) groups excluding carboxylic acids is 1. The number of carboxylic acid groups (broad SMARTS) is 1. The summed E-state index contributed by atoms with van der Waals surface area (Å²) in [6, 6.07) is 1.44. The lowest BCUT2D eigenvalue weighted by Gasteiger charge is -2.53. The van der Waals surface area contributed by atoms with Crippen molar-refractivity contribution in [1.29, 1.82) is 0 Å². The van der Waals surface area contributed by atoms with Crippen LogP contribution in [0.15, 0.2) is 12.1 Å². The first-order valence-electron chi connectivity index (χ1n) is 8.93. The lowest BCUT2D eigenvalue weighted by Crippen LogP contribution is -2.67. The molecule has 1 aliphatic heterocycles. The predicted octanol–water partition coefficient (Wildman–Crippen LogP) is 4.53. The van der Waals surface area contributed by atoms with Crippen molar-refractivity contribution in [2.24, 2.45) is 0 Å². The molecule has 1 N–H and O–H groups in total. The average Bonchev–Trinajstić information content (AvgIpc) is 2.57. The van der Waals surface area contributed by atoms with Crippen molar-refractivity contribution in [2.45, 2.75) is 63.6 Å². The van der Waals surface area contributed by atoms with E-state index < -0.39 is 57.3 Å². The average molecular weight is 466 g/mol. The van der Waals surface area contributed by atoms with Crippen LogP contribution in [0.25, 0.3) is 0 Å². The molecular formula is C20H20ClF4NO5. The second kappa shape index (κ2) is 7.88. The molecule has 0 radical (unpaired) electrons. The van der Waals surface area contributed by atoms with Gasteiger partial charge >= 0.3 is 18.2 Å². The van der Waals surface area contributed by atoms with Gasteiger partial charge in [0, 0.05) is 12.8 Å². The topological polar surface area (TPSA) is 76.1 Å². The molecule has 0 bridgehead atoms. The number of carbonyl (C=O) groups is 2. The van der Waals surface area contributed by atoms with Crippen molar-refractivity contribution in [2.75, 3.05) is 4.90 Å². The SMILES string of the molecule is C#CC(=O)N(c1ccc(OC(F)(F)F)c(Cl)c1F)C1(C(=O)O)CC(C)(C)OC(C)(C)C1. The van der Waals surface area contributed by atoms with E-state index in [-0.39, 0.29) is 12.8 Å². The number of ether oxygens (including phenoxy) is 2. The molecule has 0 atom stereocenters. The zero-order valence-electron chi connectivity index (χ0n) is 17.1. The summed E-state index contributed by atoms with van der Waals surface area (Å²) in [6.45, 7) is 6.36. The van der Waals surface area contributed by atoms with E-state index in [1.165, 1.54) is 0 Å². The van der Waals surface area contributed by atoms with Crippen LogP contribution in [0.1, 0.15) is 40.5 Å². The predicted molar refractivity (Wildman–Crippen MR) is 103 cm³/mol. The van der Waals surface area contributed by atoms with Crippen LogP contribution in [-0.2, 0) is 14.3 Å². The number of carboxylic acids is 1. The number of halogens is 5. The number of rotatable bonds is 4. The molecule has 170 valence electrons. The lowest BCUT2D eigenvalue weighted by molar-refractivity contribution is -0.274. The fraction of sp³-hybridized carbons (Fsp3) is 0.500. The number of terminal acetylenes is 1. The highest BCUT2D eigenvalue weighted by Gasteiger charge is 2.58. The number of hydrogen-bond acceptors (Lipinski definition) is 4. The Hall–Kier alpha value is -2.51. The molecule has 1 aromatic carbocycles. The Morgan fingerprint density at radius 1 is 1.23 bits per heavy atom. The Balaban J connectivity index is 2.76. The van der Waals surface area contributed by atoms with E-state index in [1.54, 1.807) is 33.6 Å². The molecule has 31 heavy (non-hydrogen) atoms. The number of aliphatic carboxylic acids is 1. The Morgan fingerprint density at radius 3 is 2.16 bits per heavy atom. The van der Waals surface area contributed by atoms with E-state index >= 15 is 4.39 Å². The van der Waals surface area contributed by atoms with Gasteiger partial charge in [-0.25, -0.2) is 9.18 Å².